The average molecular weight is 288 g/mol. The number of hydrogen-bond donors (Lipinski definition) is 2. The number of carbonyl (C=O) groups excluding carboxylic acids is 1. The lowest BCUT2D eigenvalue weighted by Crippen LogP contribution is -2.48. The third-order valence-electron chi connectivity index (χ3n) is 4.86. The highest BCUT2D eigenvalue weighted by atomic mass is 16.2. The van der Waals surface area contributed by atoms with Gasteiger partial charge >= 0.3 is 0 Å². The van der Waals surface area contributed by atoms with Gasteiger partial charge in [-0.1, -0.05) is 58.0 Å². The molecule has 2 rings (SSSR count). The van der Waals surface area contributed by atoms with E-state index in [0.29, 0.717) is 11.8 Å². The molecule has 0 aromatic heterocycles. The van der Waals surface area contributed by atoms with Gasteiger partial charge in [0.25, 0.3) is 0 Å². The van der Waals surface area contributed by atoms with Crippen molar-refractivity contribution in [2.24, 2.45) is 17.3 Å². The van der Waals surface area contributed by atoms with E-state index in [2.05, 4.69) is 50.5 Å². The summed E-state index contributed by atoms with van der Waals surface area (Å²) in [5.74, 6) is 0.913. The van der Waals surface area contributed by atoms with Crippen molar-refractivity contribution in [2.75, 3.05) is 13.1 Å². The molecule has 3 heteroatoms. The number of rotatable bonds is 5. The number of nitrogens with one attached hydrogen (secondary N) is 2. The Morgan fingerprint density at radius 3 is 2.33 bits per heavy atom. The van der Waals surface area contributed by atoms with Crippen LogP contribution in [0.2, 0.25) is 0 Å². The Bertz CT molecular complexity index is 461. The highest BCUT2D eigenvalue weighted by molar-refractivity contribution is 5.84. The van der Waals surface area contributed by atoms with E-state index in [1.165, 1.54) is 5.56 Å². The molecule has 0 aliphatic carbocycles. The van der Waals surface area contributed by atoms with E-state index in [0.717, 1.165) is 19.5 Å². The predicted molar refractivity (Wildman–Crippen MR) is 86.9 cm³/mol. The molecule has 1 amide bonds. The molecule has 2 N–H and O–H groups in total. The quantitative estimate of drug-likeness (QED) is 0.874. The minimum atomic E-state index is -0.262. The molecule has 1 saturated heterocycles. The van der Waals surface area contributed by atoms with Gasteiger partial charge in [-0.05, 0) is 30.4 Å². The van der Waals surface area contributed by atoms with E-state index in [4.69, 9.17) is 0 Å². The van der Waals surface area contributed by atoms with Crippen molar-refractivity contribution in [2.45, 2.75) is 40.2 Å². The van der Waals surface area contributed by atoms with Gasteiger partial charge in [0.1, 0.15) is 0 Å². The number of benzene rings is 1. The van der Waals surface area contributed by atoms with Crippen LogP contribution in [0.3, 0.4) is 0 Å². The van der Waals surface area contributed by atoms with Gasteiger partial charge in [0.15, 0.2) is 0 Å². The summed E-state index contributed by atoms with van der Waals surface area (Å²) in [6.45, 7) is 10.3. The van der Waals surface area contributed by atoms with Gasteiger partial charge in [0.05, 0.1) is 11.5 Å². The minimum absolute atomic E-state index is 0.0786. The molecule has 0 bridgehead atoms. The van der Waals surface area contributed by atoms with E-state index in [-0.39, 0.29) is 17.4 Å². The van der Waals surface area contributed by atoms with Gasteiger partial charge in [0, 0.05) is 6.54 Å². The molecule has 1 aliphatic heterocycles. The first-order valence-corrected chi connectivity index (χ1v) is 8.04. The molecule has 0 spiro atoms. The Hall–Kier alpha value is -1.35. The molecule has 1 aliphatic rings. The third-order valence-corrected chi connectivity index (χ3v) is 4.86. The second kappa shape index (κ2) is 6.61. The molecule has 2 unspecified atom stereocenters. The van der Waals surface area contributed by atoms with Gasteiger partial charge in [-0.3, -0.25) is 4.79 Å². The SMILES string of the molecule is CC(C)C(NC(=O)C1(C(C)C)CCNC1)c1ccccc1. The number of hydrogen-bond acceptors (Lipinski definition) is 2. The fourth-order valence-corrected chi connectivity index (χ4v) is 3.24. The van der Waals surface area contributed by atoms with Crippen LogP contribution in [0.15, 0.2) is 30.3 Å². The summed E-state index contributed by atoms with van der Waals surface area (Å²) in [7, 11) is 0. The zero-order valence-corrected chi connectivity index (χ0v) is 13.6. The number of carbonyl (C=O) groups is 1. The summed E-state index contributed by atoms with van der Waals surface area (Å²) < 4.78 is 0. The zero-order chi connectivity index (χ0) is 15.5. The Morgan fingerprint density at radius 1 is 1.19 bits per heavy atom. The molecule has 21 heavy (non-hydrogen) atoms. The summed E-state index contributed by atoms with van der Waals surface area (Å²) in [4.78, 5) is 12.9. The highest BCUT2D eigenvalue weighted by Crippen LogP contribution is 2.35. The van der Waals surface area contributed by atoms with Gasteiger partial charge in [-0.25, -0.2) is 0 Å². The molecular weight excluding hydrogens is 260 g/mol. The fourth-order valence-electron chi connectivity index (χ4n) is 3.24. The van der Waals surface area contributed by atoms with Crippen molar-refractivity contribution >= 4 is 5.91 Å². The van der Waals surface area contributed by atoms with Crippen LogP contribution in [-0.2, 0) is 4.79 Å². The Kier molecular flexibility index (Phi) is 5.04. The molecule has 116 valence electrons. The predicted octanol–water partition coefficient (Wildman–Crippen LogP) is 3.14. The molecule has 1 fully saturated rings. The molecule has 3 nitrogen and oxygen atoms in total. The summed E-state index contributed by atoms with van der Waals surface area (Å²) >= 11 is 0. The summed E-state index contributed by atoms with van der Waals surface area (Å²) in [5, 5.41) is 6.67. The second-order valence-electron chi connectivity index (χ2n) is 6.84. The first kappa shape index (κ1) is 16.0. The van der Waals surface area contributed by atoms with Crippen molar-refractivity contribution in [3.8, 4) is 0 Å². The van der Waals surface area contributed by atoms with Gasteiger partial charge in [0.2, 0.25) is 5.91 Å². The first-order valence-electron chi connectivity index (χ1n) is 8.04. The van der Waals surface area contributed by atoms with Crippen LogP contribution in [0.1, 0.15) is 45.7 Å². The van der Waals surface area contributed by atoms with Crippen molar-refractivity contribution < 1.29 is 4.79 Å². The smallest absolute Gasteiger partial charge is 0.228 e. The summed E-state index contributed by atoms with van der Waals surface area (Å²) in [6.07, 6.45) is 0.927. The first-order chi connectivity index (χ1) is 9.97. The Balaban J connectivity index is 2.19. The van der Waals surface area contributed by atoms with Gasteiger partial charge in [-0.15, -0.1) is 0 Å². The Labute approximate surface area is 128 Å². The van der Waals surface area contributed by atoms with E-state index >= 15 is 0 Å². The van der Waals surface area contributed by atoms with E-state index < -0.39 is 0 Å². The summed E-state index contributed by atoms with van der Waals surface area (Å²) in [6, 6.07) is 10.4. The largest absolute Gasteiger partial charge is 0.349 e. The summed E-state index contributed by atoms with van der Waals surface area (Å²) in [5.41, 5.74) is 0.924. The van der Waals surface area contributed by atoms with E-state index in [1.54, 1.807) is 0 Å². The standard InChI is InChI=1S/C18H28N2O/c1-13(2)16(15-8-6-5-7-9-15)20-17(21)18(14(3)4)10-11-19-12-18/h5-9,13-14,16,19H,10-12H2,1-4H3,(H,20,21). The number of amides is 1. The topological polar surface area (TPSA) is 41.1 Å². The maximum atomic E-state index is 12.9. The van der Waals surface area contributed by atoms with Crippen LogP contribution in [0.25, 0.3) is 0 Å². The molecule has 1 heterocycles. The average Bonchev–Trinajstić information content (AvgIpc) is 2.96. The van der Waals surface area contributed by atoms with Crippen LogP contribution < -0.4 is 10.6 Å². The highest BCUT2D eigenvalue weighted by Gasteiger charge is 2.44. The maximum absolute atomic E-state index is 12.9. The lowest BCUT2D eigenvalue weighted by atomic mass is 9.75. The third kappa shape index (κ3) is 3.29. The second-order valence-corrected chi connectivity index (χ2v) is 6.84. The van der Waals surface area contributed by atoms with Crippen LogP contribution in [0.5, 0.6) is 0 Å². The molecule has 1 aromatic carbocycles. The van der Waals surface area contributed by atoms with Gasteiger partial charge < -0.3 is 10.6 Å². The van der Waals surface area contributed by atoms with Crippen molar-refractivity contribution in [3.05, 3.63) is 35.9 Å². The monoisotopic (exact) mass is 288 g/mol. The van der Waals surface area contributed by atoms with Crippen molar-refractivity contribution in [1.82, 2.24) is 10.6 Å². The van der Waals surface area contributed by atoms with E-state index in [1.807, 2.05) is 18.2 Å². The Morgan fingerprint density at radius 2 is 1.86 bits per heavy atom. The zero-order valence-electron chi connectivity index (χ0n) is 13.6. The maximum Gasteiger partial charge on any atom is 0.228 e. The van der Waals surface area contributed by atoms with Crippen LogP contribution in [-0.4, -0.2) is 19.0 Å². The van der Waals surface area contributed by atoms with Crippen LogP contribution in [0, 0.1) is 17.3 Å². The van der Waals surface area contributed by atoms with Crippen LogP contribution in [0.4, 0.5) is 0 Å². The fraction of sp³-hybridized carbons (Fsp3) is 0.611. The molecule has 1 aromatic rings. The molecular formula is C18H28N2O. The normalized spacial score (nSPS) is 23.5. The molecule has 2 atom stereocenters. The van der Waals surface area contributed by atoms with Gasteiger partial charge in [-0.2, -0.15) is 0 Å². The minimum Gasteiger partial charge on any atom is -0.349 e. The van der Waals surface area contributed by atoms with Crippen molar-refractivity contribution in [1.29, 1.82) is 0 Å². The lowest BCUT2D eigenvalue weighted by molar-refractivity contribution is -0.133. The molecule has 0 saturated carbocycles. The van der Waals surface area contributed by atoms with E-state index in [9.17, 15) is 4.79 Å². The van der Waals surface area contributed by atoms with Crippen molar-refractivity contribution in [3.63, 3.8) is 0 Å². The molecule has 0 radical (unpaired) electrons. The van der Waals surface area contributed by atoms with Crippen LogP contribution >= 0.6 is 0 Å². The lowest BCUT2D eigenvalue weighted by Gasteiger charge is -2.34.